The van der Waals surface area contributed by atoms with Gasteiger partial charge in [0.1, 0.15) is 5.15 Å². The van der Waals surface area contributed by atoms with Crippen LogP contribution in [0.15, 0.2) is 36.4 Å². The molecule has 0 spiro atoms. The van der Waals surface area contributed by atoms with Crippen molar-refractivity contribution in [2.75, 3.05) is 6.61 Å². The second-order valence-corrected chi connectivity index (χ2v) is 5.94. The molecule has 0 aliphatic carbocycles. The van der Waals surface area contributed by atoms with Gasteiger partial charge in [-0.15, -0.1) is 0 Å². The maximum absolute atomic E-state index is 12.3. The highest BCUT2D eigenvalue weighted by molar-refractivity contribution is 6.31. The molecule has 1 unspecified atom stereocenters. The monoisotopic (exact) mass is 347 g/mol. The number of aliphatic hydroxyl groups is 1. The van der Waals surface area contributed by atoms with Gasteiger partial charge >= 0.3 is 0 Å². The summed E-state index contributed by atoms with van der Waals surface area (Å²) in [5.41, 5.74) is 2.52. The highest BCUT2D eigenvalue weighted by atomic mass is 35.5. The summed E-state index contributed by atoms with van der Waals surface area (Å²) >= 11 is 6.16. The molecular weight excluding hydrogens is 326 g/mol. The summed E-state index contributed by atoms with van der Waals surface area (Å²) in [6.45, 7) is 1.94. The minimum Gasteiger partial charge on any atom is -0.396 e. The standard InChI is InChI=1S/C18H22ClN3O2/c1-13-15(18(19)22(2)21-13)10-11-17(24)20-16(9-6-12-23)14-7-4-3-5-8-14/h3-5,7-8,10-11,16,23H,6,9,12H2,1-2H3,(H,20,24)/b11-10+. The number of hydrogen-bond donors (Lipinski definition) is 2. The molecule has 0 aliphatic rings. The van der Waals surface area contributed by atoms with Crippen molar-refractivity contribution in [3.63, 3.8) is 0 Å². The fourth-order valence-electron chi connectivity index (χ4n) is 2.52. The van der Waals surface area contributed by atoms with Gasteiger partial charge in [-0.2, -0.15) is 5.10 Å². The molecular formula is C18H22ClN3O2. The number of carbonyl (C=O) groups is 1. The number of amides is 1. The quantitative estimate of drug-likeness (QED) is 0.756. The van der Waals surface area contributed by atoms with Crippen LogP contribution in [0.4, 0.5) is 0 Å². The molecule has 1 atom stereocenters. The van der Waals surface area contributed by atoms with Gasteiger partial charge in [-0.3, -0.25) is 9.48 Å². The fourth-order valence-corrected chi connectivity index (χ4v) is 2.76. The second kappa shape index (κ2) is 8.66. The van der Waals surface area contributed by atoms with E-state index in [1.807, 2.05) is 37.3 Å². The van der Waals surface area contributed by atoms with E-state index >= 15 is 0 Å². The summed E-state index contributed by atoms with van der Waals surface area (Å²) in [6, 6.07) is 9.59. The Labute approximate surface area is 146 Å². The molecule has 1 heterocycles. The molecule has 1 aromatic carbocycles. The van der Waals surface area contributed by atoms with Crippen LogP contribution in [0, 0.1) is 6.92 Å². The van der Waals surface area contributed by atoms with E-state index in [2.05, 4.69) is 10.4 Å². The summed E-state index contributed by atoms with van der Waals surface area (Å²) in [4.78, 5) is 12.3. The van der Waals surface area contributed by atoms with Gasteiger partial charge in [0.05, 0.1) is 11.7 Å². The Kier molecular flexibility index (Phi) is 6.58. The minimum atomic E-state index is -0.207. The molecule has 0 radical (unpaired) electrons. The van der Waals surface area contributed by atoms with Crippen molar-refractivity contribution in [2.24, 2.45) is 7.05 Å². The zero-order valence-corrected chi connectivity index (χ0v) is 14.6. The van der Waals surface area contributed by atoms with E-state index in [4.69, 9.17) is 16.7 Å². The smallest absolute Gasteiger partial charge is 0.244 e. The first kappa shape index (κ1) is 18.2. The Morgan fingerprint density at radius 2 is 2.12 bits per heavy atom. The lowest BCUT2D eigenvalue weighted by molar-refractivity contribution is -0.117. The third kappa shape index (κ3) is 4.69. The Balaban J connectivity index is 2.08. The van der Waals surface area contributed by atoms with Crippen LogP contribution in [-0.4, -0.2) is 27.4 Å². The van der Waals surface area contributed by atoms with Gasteiger partial charge < -0.3 is 10.4 Å². The average molecular weight is 348 g/mol. The lowest BCUT2D eigenvalue weighted by Crippen LogP contribution is -2.27. The topological polar surface area (TPSA) is 67.2 Å². The van der Waals surface area contributed by atoms with Crippen LogP contribution >= 0.6 is 11.6 Å². The van der Waals surface area contributed by atoms with E-state index in [1.54, 1.807) is 17.8 Å². The Bertz CT molecular complexity index is 711. The average Bonchev–Trinajstić information content (AvgIpc) is 2.82. The van der Waals surface area contributed by atoms with E-state index in [0.717, 1.165) is 16.8 Å². The van der Waals surface area contributed by atoms with Crippen LogP contribution < -0.4 is 5.32 Å². The number of hydrogen-bond acceptors (Lipinski definition) is 3. The van der Waals surface area contributed by atoms with Crippen molar-refractivity contribution in [3.8, 4) is 0 Å². The van der Waals surface area contributed by atoms with Crippen molar-refractivity contribution in [2.45, 2.75) is 25.8 Å². The molecule has 6 heteroatoms. The second-order valence-electron chi connectivity index (χ2n) is 5.58. The van der Waals surface area contributed by atoms with Crippen LogP contribution in [0.2, 0.25) is 5.15 Å². The molecule has 24 heavy (non-hydrogen) atoms. The van der Waals surface area contributed by atoms with Crippen molar-refractivity contribution in [1.29, 1.82) is 0 Å². The maximum Gasteiger partial charge on any atom is 0.244 e. The highest BCUT2D eigenvalue weighted by Gasteiger charge is 2.13. The lowest BCUT2D eigenvalue weighted by Gasteiger charge is -2.18. The number of benzene rings is 1. The minimum absolute atomic E-state index is 0.0968. The van der Waals surface area contributed by atoms with Crippen LogP contribution in [0.1, 0.15) is 35.7 Å². The van der Waals surface area contributed by atoms with Crippen molar-refractivity contribution < 1.29 is 9.90 Å². The Hall–Kier alpha value is -2.11. The molecule has 0 saturated carbocycles. The summed E-state index contributed by atoms with van der Waals surface area (Å²) in [5.74, 6) is -0.207. The van der Waals surface area contributed by atoms with Crippen LogP contribution in [0.5, 0.6) is 0 Å². The first-order valence-electron chi connectivity index (χ1n) is 7.86. The molecule has 128 valence electrons. The van der Waals surface area contributed by atoms with E-state index in [-0.39, 0.29) is 18.6 Å². The molecule has 1 aromatic heterocycles. The number of halogens is 1. The summed E-state index contributed by atoms with van der Waals surface area (Å²) in [7, 11) is 1.76. The molecule has 0 fully saturated rings. The molecule has 0 aliphatic heterocycles. The largest absolute Gasteiger partial charge is 0.396 e. The highest BCUT2D eigenvalue weighted by Crippen LogP contribution is 2.21. The van der Waals surface area contributed by atoms with Crippen LogP contribution in [0.3, 0.4) is 0 Å². The predicted molar refractivity (Wildman–Crippen MR) is 95.6 cm³/mol. The van der Waals surface area contributed by atoms with Gasteiger partial charge in [0.2, 0.25) is 5.91 Å². The van der Waals surface area contributed by atoms with Crippen LogP contribution in [-0.2, 0) is 11.8 Å². The Morgan fingerprint density at radius 1 is 1.42 bits per heavy atom. The van der Waals surface area contributed by atoms with Crippen molar-refractivity contribution in [3.05, 3.63) is 58.4 Å². The van der Waals surface area contributed by atoms with Gasteiger partial charge in [0.15, 0.2) is 0 Å². The van der Waals surface area contributed by atoms with Gasteiger partial charge in [-0.1, -0.05) is 41.9 Å². The first-order valence-corrected chi connectivity index (χ1v) is 8.24. The number of carbonyl (C=O) groups excluding carboxylic acids is 1. The normalized spacial score (nSPS) is 12.5. The number of aliphatic hydroxyl groups excluding tert-OH is 1. The third-order valence-corrected chi connectivity index (χ3v) is 4.22. The van der Waals surface area contributed by atoms with E-state index in [0.29, 0.717) is 18.0 Å². The Morgan fingerprint density at radius 3 is 2.71 bits per heavy atom. The van der Waals surface area contributed by atoms with E-state index < -0.39 is 0 Å². The molecule has 0 saturated heterocycles. The molecule has 2 rings (SSSR count). The number of nitrogens with one attached hydrogen (secondary N) is 1. The molecule has 0 bridgehead atoms. The van der Waals surface area contributed by atoms with Gasteiger partial charge in [0, 0.05) is 25.3 Å². The summed E-state index contributed by atoms with van der Waals surface area (Å²) < 4.78 is 1.57. The zero-order chi connectivity index (χ0) is 17.5. The van der Waals surface area contributed by atoms with E-state index in [1.165, 1.54) is 6.08 Å². The van der Waals surface area contributed by atoms with Gasteiger partial charge in [0.25, 0.3) is 0 Å². The van der Waals surface area contributed by atoms with Crippen molar-refractivity contribution >= 4 is 23.6 Å². The summed E-state index contributed by atoms with van der Waals surface area (Å²) in [5, 5.41) is 16.7. The molecule has 1 amide bonds. The summed E-state index contributed by atoms with van der Waals surface area (Å²) in [6.07, 6.45) is 4.43. The number of aryl methyl sites for hydroxylation is 2. The number of aromatic nitrogens is 2. The SMILES string of the molecule is Cc1nn(C)c(Cl)c1/C=C/C(=O)NC(CCCO)c1ccccc1. The predicted octanol–water partition coefficient (Wildman–Crippen LogP) is 3.03. The zero-order valence-electron chi connectivity index (χ0n) is 13.9. The number of nitrogens with zero attached hydrogens (tertiary/aromatic N) is 2. The van der Waals surface area contributed by atoms with Crippen LogP contribution in [0.25, 0.3) is 6.08 Å². The lowest BCUT2D eigenvalue weighted by atomic mass is 10.0. The van der Waals surface area contributed by atoms with Crippen molar-refractivity contribution in [1.82, 2.24) is 15.1 Å². The third-order valence-electron chi connectivity index (χ3n) is 3.77. The molecule has 5 nitrogen and oxygen atoms in total. The van der Waals surface area contributed by atoms with Gasteiger partial charge in [-0.25, -0.2) is 0 Å². The number of rotatable bonds is 7. The molecule has 2 aromatic rings. The van der Waals surface area contributed by atoms with E-state index in [9.17, 15) is 4.79 Å². The first-order chi connectivity index (χ1) is 11.5. The maximum atomic E-state index is 12.3. The fraction of sp³-hybridized carbons (Fsp3) is 0.333. The van der Waals surface area contributed by atoms with Gasteiger partial charge in [-0.05, 0) is 31.4 Å². The molecule has 2 N–H and O–H groups in total.